The SMILES string of the molecule is Fc1nc(F)c(F)c(Sc2nccn2Cc2ccccn2)c1F. The largest absolute Gasteiger partial charge is 0.320 e. The fraction of sp³-hybridized carbons (Fsp3) is 0.0714. The van der Waals surface area contributed by atoms with E-state index in [9.17, 15) is 17.6 Å². The average Bonchev–Trinajstić information content (AvgIpc) is 2.97. The Morgan fingerprint density at radius 3 is 2.35 bits per heavy atom. The van der Waals surface area contributed by atoms with Crippen molar-refractivity contribution in [3.05, 3.63) is 66.0 Å². The standard InChI is InChI=1S/C14H8F4N4S/c15-9-11(10(16)13(18)21-12(9)17)23-14-20-5-6-22(14)7-8-3-1-2-4-19-8/h1-6H,7H2. The third-order valence-corrected chi connectivity index (χ3v) is 3.97. The molecule has 3 heterocycles. The molecule has 3 aromatic rings. The molecule has 0 unspecified atom stereocenters. The lowest BCUT2D eigenvalue weighted by atomic mass is 10.3. The van der Waals surface area contributed by atoms with Crippen molar-refractivity contribution < 1.29 is 17.6 Å². The van der Waals surface area contributed by atoms with Gasteiger partial charge in [-0.25, -0.2) is 13.8 Å². The highest BCUT2D eigenvalue weighted by atomic mass is 32.2. The first kappa shape index (κ1) is 15.5. The molecule has 0 aliphatic heterocycles. The molecule has 3 aromatic heterocycles. The molecular weight excluding hydrogens is 332 g/mol. The summed E-state index contributed by atoms with van der Waals surface area (Å²) in [6.45, 7) is 0.294. The number of aromatic nitrogens is 4. The smallest absolute Gasteiger partial charge is 0.252 e. The molecule has 0 bridgehead atoms. The van der Waals surface area contributed by atoms with E-state index in [0.29, 0.717) is 24.0 Å². The normalized spacial score (nSPS) is 11.0. The predicted octanol–water partition coefficient (Wildman–Crippen LogP) is 3.43. The second-order valence-corrected chi connectivity index (χ2v) is 5.39. The van der Waals surface area contributed by atoms with E-state index in [0.717, 1.165) is 0 Å². The van der Waals surface area contributed by atoms with E-state index in [2.05, 4.69) is 15.0 Å². The summed E-state index contributed by atoms with van der Waals surface area (Å²) in [4.78, 5) is 9.77. The minimum absolute atomic E-state index is 0.165. The summed E-state index contributed by atoms with van der Waals surface area (Å²) in [6.07, 6.45) is 4.59. The Morgan fingerprint density at radius 2 is 1.70 bits per heavy atom. The third-order valence-electron chi connectivity index (χ3n) is 2.89. The highest BCUT2D eigenvalue weighted by molar-refractivity contribution is 7.99. The summed E-state index contributed by atoms with van der Waals surface area (Å²) in [5, 5.41) is 0.165. The van der Waals surface area contributed by atoms with Crippen LogP contribution < -0.4 is 0 Å². The molecule has 118 valence electrons. The summed E-state index contributed by atoms with van der Waals surface area (Å²) < 4.78 is 55.2. The highest BCUT2D eigenvalue weighted by Gasteiger charge is 2.23. The lowest BCUT2D eigenvalue weighted by molar-refractivity contribution is 0.383. The van der Waals surface area contributed by atoms with Gasteiger partial charge in [-0.15, -0.1) is 0 Å². The van der Waals surface area contributed by atoms with Gasteiger partial charge in [0.2, 0.25) is 0 Å². The van der Waals surface area contributed by atoms with Gasteiger partial charge in [0.25, 0.3) is 11.9 Å². The van der Waals surface area contributed by atoms with E-state index in [1.54, 1.807) is 35.2 Å². The van der Waals surface area contributed by atoms with E-state index in [1.165, 1.54) is 6.20 Å². The van der Waals surface area contributed by atoms with Crippen LogP contribution in [-0.2, 0) is 6.54 Å². The zero-order chi connectivity index (χ0) is 16.4. The molecule has 0 amide bonds. The Balaban J connectivity index is 1.92. The fourth-order valence-electron chi connectivity index (χ4n) is 1.84. The molecule has 4 nitrogen and oxygen atoms in total. The van der Waals surface area contributed by atoms with Gasteiger partial charge in [-0.3, -0.25) is 4.98 Å². The van der Waals surface area contributed by atoms with Crippen LogP contribution in [0.25, 0.3) is 0 Å². The van der Waals surface area contributed by atoms with Crippen LogP contribution in [0.4, 0.5) is 17.6 Å². The molecule has 0 saturated heterocycles. The van der Waals surface area contributed by atoms with Gasteiger partial charge in [-0.05, 0) is 23.9 Å². The quantitative estimate of drug-likeness (QED) is 0.539. The fourth-order valence-corrected chi connectivity index (χ4v) is 2.72. The molecular formula is C14H8F4N4S. The van der Waals surface area contributed by atoms with Crippen LogP contribution in [0, 0.1) is 23.5 Å². The predicted molar refractivity (Wildman–Crippen MR) is 73.8 cm³/mol. The zero-order valence-corrected chi connectivity index (χ0v) is 12.2. The first-order valence-electron chi connectivity index (χ1n) is 6.35. The van der Waals surface area contributed by atoms with Crippen LogP contribution in [0.3, 0.4) is 0 Å². The van der Waals surface area contributed by atoms with E-state index in [4.69, 9.17) is 0 Å². The second-order valence-electron chi connectivity index (χ2n) is 4.41. The maximum absolute atomic E-state index is 13.7. The number of hydrogen-bond acceptors (Lipinski definition) is 4. The van der Waals surface area contributed by atoms with E-state index in [-0.39, 0.29) is 5.16 Å². The maximum atomic E-state index is 13.7. The monoisotopic (exact) mass is 340 g/mol. The molecule has 9 heteroatoms. The van der Waals surface area contributed by atoms with Gasteiger partial charge in [-0.1, -0.05) is 6.07 Å². The van der Waals surface area contributed by atoms with Crippen LogP contribution in [0.2, 0.25) is 0 Å². The maximum Gasteiger partial charge on any atom is 0.252 e. The summed E-state index contributed by atoms with van der Waals surface area (Å²) in [5.41, 5.74) is 0.695. The van der Waals surface area contributed by atoms with Crippen molar-refractivity contribution in [2.75, 3.05) is 0 Å². The lowest BCUT2D eigenvalue weighted by Gasteiger charge is -2.08. The minimum Gasteiger partial charge on any atom is -0.320 e. The van der Waals surface area contributed by atoms with Crippen molar-refractivity contribution in [2.45, 2.75) is 16.6 Å². The Hall–Kier alpha value is -2.42. The summed E-state index contributed by atoms with van der Waals surface area (Å²) in [7, 11) is 0. The Morgan fingerprint density at radius 1 is 0.957 bits per heavy atom. The van der Waals surface area contributed by atoms with E-state index in [1.807, 2.05) is 0 Å². The molecule has 0 aromatic carbocycles. The summed E-state index contributed by atoms with van der Waals surface area (Å²) >= 11 is 0.476. The first-order chi connectivity index (χ1) is 11.1. The molecule has 0 fully saturated rings. The number of pyridine rings is 2. The van der Waals surface area contributed by atoms with Crippen LogP contribution >= 0.6 is 11.8 Å². The van der Waals surface area contributed by atoms with Gasteiger partial charge < -0.3 is 4.57 Å². The molecule has 3 rings (SSSR count). The Kier molecular flexibility index (Phi) is 4.28. The summed E-state index contributed by atoms with van der Waals surface area (Å²) in [6, 6.07) is 5.31. The van der Waals surface area contributed by atoms with Gasteiger partial charge in [0, 0.05) is 18.6 Å². The topological polar surface area (TPSA) is 43.6 Å². The summed E-state index contributed by atoms with van der Waals surface area (Å²) in [5.74, 6) is -6.51. The van der Waals surface area contributed by atoms with Crippen LogP contribution in [-0.4, -0.2) is 19.5 Å². The van der Waals surface area contributed by atoms with E-state index >= 15 is 0 Å². The van der Waals surface area contributed by atoms with Crippen molar-refractivity contribution in [3.8, 4) is 0 Å². The Bertz CT molecular complexity index is 812. The molecule has 0 spiro atoms. The number of imidazole rings is 1. The van der Waals surface area contributed by atoms with Gasteiger partial charge in [0.15, 0.2) is 16.8 Å². The van der Waals surface area contributed by atoms with Crippen molar-refractivity contribution in [2.24, 2.45) is 0 Å². The van der Waals surface area contributed by atoms with Crippen LogP contribution in [0.1, 0.15) is 5.69 Å². The molecule has 23 heavy (non-hydrogen) atoms. The minimum atomic E-state index is -1.70. The molecule has 0 aliphatic carbocycles. The van der Waals surface area contributed by atoms with Crippen molar-refractivity contribution in [1.29, 1.82) is 0 Å². The number of rotatable bonds is 4. The molecule has 0 saturated carbocycles. The van der Waals surface area contributed by atoms with Gasteiger partial charge in [0.1, 0.15) is 0 Å². The van der Waals surface area contributed by atoms with Crippen molar-refractivity contribution in [1.82, 2.24) is 19.5 Å². The van der Waals surface area contributed by atoms with Crippen molar-refractivity contribution in [3.63, 3.8) is 0 Å². The first-order valence-corrected chi connectivity index (χ1v) is 7.17. The van der Waals surface area contributed by atoms with Crippen molar-refractivity contribution >= 4 is 11.8 Å². The molecule has 0 aliphatic rings. The van der Waals surface area contributed by atoms with Crippen LogP contribution in [0.5, 0.6) is 0 Å². The molecule has 0 radical (unpaired) electrons. The third kappa shape index (κ3) is 3.19. The van der Waals surface area contributed by atoms with Gasteiger partial charge in [-0.2, -0.15) is 13.8 Å². The Labute approximate surface area is 132 Å². The van der Waals surface area contributed by atoms with Crippen LogP contribution in [0.15, 0.2) is 46.8 Å². The number of nitrogens with zero attached hydrogens (tertiary/aromatic N) is 4. The number of halogens is 4. The van der Waals surface area contributed by atoms with Gasteiger partial charge in [0.05, 0.1) is 17.1 Å². The molecule has 0 atom stereocenters. The number of hydrogen-bond donors (Lipinski definition) is 0. The zero-order valence-electron chi connectivity index (χ0n) is 11.4. The average molecular weight is 340 g/mol. The highest BCUT2D eigenvalue weighted by Crippen LogP contribution is 2.32. The van der Waals surface area contributed by atoms with Gasteiger partial charge >= 0.3 is 0 Å². The van der Waals surface area contributed by atoms with E-state index < -0.39 is 28.4 Å². The second kappa shape index (κ2) is 6.37. The molecule has 0 N–H and O–H groups in total. The lowest BCUT2D eigenvalue weighted by Crippen LogP contribution is -2.05.